The summed E-state index contributed by atoms with van der Waals surface area (Å²) < 4.78 is 106. The lowest BCUT2D eigenvalue weighted by molar-refractivity contribution is -0.137. The molecule has 1 heterocycles. The summed E-state index contributed by atoms with van der Waals surface area (Å²) in [7, 11) is -3.70. The molecule has 1 aliphatic heterocycles. The Morgan fingerprint density at radius 3 is 2.35 bits per heavy atom. The van der Waals surface area contributed by atoms with Crippen molar-refractivity contribution in [1.82, 2.24) is 10.2 Å². The van der Waals surface area contributed by atoms with Crippen LogP contribution in [0.3, 0.4) is 0 Å². The van der Waals surface area contributed by atoms with E-state index in [1.807, 2.05) is 0 Å². The lowest BCUT2D eigenvalue weighted by Gasteiger charge is -2.27. The van der Waals surface area contributed by atoms with Gasteiger partial charge in [0.05, 0.1) is 23.0 Å². The van der Waals surface area contributed by atoms with E-state index in [0.29, 0.717) is 29.9 Å². The van der Waals surface area contributed by atoms with Crippen LogP contribution in [0.1, 0.15) is 46.8 Å². The predicted molar refractivity (Wildman–Crippen MR) is 119 cm³/mol. The molecule has 0 bridgehead atoms. The van der Waals surface area contributed by atoms with Crippen LogP contribution in [0.4, 0.5) is 26.3 Å². The molecule has 1 N–H and O–H groups in total. The second kappa shape index (κ2) is 9.34. The van der Waals surface area contributed by atoms with Crippen molar-refractivity contribution in [3.63, 3.8) is 0 Å². The summed E-state index contributed by atoms with van der Waals surface area (Å²) in [5, 5.41) is 2.46. The topological polar surface area (TPSA) is 83.6 Å². The third kappa shape index (κ3) is 5.91. The molecule has 0 aromatic heterocycles. The van der Waals surface area contributed by atoms with Gasteiger partial charge in [0.15, 0.2) is 9.84 Å². The van der Waals surface area contributed by atoms with E-state index in [0.717, 1.165) is 18.4 Å². The Kier molecular flexibility index (Phi) is 6.80. The molecule has 13 heteroatoms. The average molecular weight is 549 g/mol. The van der Waals surface area contributed by atoms with Crippen molar-refractivity contribution in [3.8, 4) is 0 Å². The fourth-order valence-electron chi connectivity index (χ4n) is 4.37. The predicted octanol–water partition coefficient (Wildman–Crippen LogP) is 4.37. The fraction of sp³-hybridized carbons (Fsp3) is 0.417. The summed E-state index contributed by atoms with van der Waals surface area (Å²) in [6.45, 7) is -1.10. The van der Waals surface area contributed by atoms with Crippen molar-refractivity contribution in [2.45, 2.75) is 48.3 Å². The summed E-state index contributed by atoms with van der Waals surface area (Å²) in [6.07, 6.45) is -3.82. The number of halogens is 6. The minimum absolute atomic E-state index is 0.211. The molecule has 2 atom stereocenters. The molecule has 2 aromatic carbocycles. The fourth-order valence-corrected chi connectivity index (χ4v) is 5.04. The molecule has 2 aliphatic rings. The van der Waals surface area contributed by atoms with Gasteiger partial charge in [0.2, 0.25) is 5.91 Å². The van der Waals surface area contributed by atoms with E-state index >= 15 is 0 Å². The number of carbonyl (C=O) groups is 2. The average Bonchev–Trinajstić information content (AvgIpc) is 3.58. The van der Waals surface area contributed by atoms with Crippen molar-refractivity contribution >= 4 is 21.7 Å². The van der Waals surface area contributed by atoms with Crippen LogP contribution < -0.4 is 5.32 Å². The number of alkyl halides is 5. The van der Waals surface area contributed by atoms with E-state index in [4.69, 9.17) is 0 Å². The van der Waals surface area contributed by atoms with Crippen LogP contribution in [0, 0.1) is 11.7 Å². The molecule has 0 unspecified atom stereocenters. The Bertz CT molecular complexity index is 1340. The number of amides is 2. The lowest BCUT2D eigenvalue weighted by Crippen LogP contribution is -2.47. The Morgan fingerprint density at radius 2 is 1.78 bits per heavy atom. The zero-order valence-corrected chi connectivity index (χ0v) is 20.2. The van der Waals surface area contributed by atoms with Gasteiger partial charge in [-0.15, -0.1) is 0 Å². The second-order valence-corrected chi connectivity index (χ2v) is 11.4. The Morgan fingerprint density at radius 1 is 1.11 bits per heavy atom. The van der Waals surface area contributed by atoms with Gasteiger partial charge in [-0.3, -0.25) is 9.59 Å². The van der Waals surface area contributed by atoms with Crippen molar-refractivity contribution in [1.29, 1.82) is 0 Å². The first-order chi connectivity index (χ1) is 17.1. The zero-order valence-electron chi connectivity index (χ0n) is 19.4. The number of benzene rings is 2. The Balaban J connectivity index is 1.60. The first kappa shape index (κ1) is 27.0. The van der Waals surface area contributed by atoms with Crippen LogP contribution in [0.5, 0.6) is 0 Å². The molecular weight excluding hydrogens is 526 g/mol. The molecule has 0 spiro atoms. The Hall–Kier alpha value is -3.09. The van der Waals surface area contributed by atoms with Crippen molar-refractivity contribution in [2.75, 3.05) is 12.8 Å². The van der Waals surface area contributed by atoms with E-state index in [1.165, 1.54) is 18.2 Å². The largest absolute Gasteiger partial charge is 0.416 e. The van der Waals surface area contributed by atoms with Crippen molar-refractivity contribution in [2.24, 2.45) is 5.92 Å². The highest BCUT2D eigenvalue weighted by molar-refractivity contribution is 7.90. The van der Waals surface area contributed by atoms with Crippen LogP contribution >= 0.6 is 0 Å². The molecule has 2 aromatic rings. The van der Waals surface area contributed by atoms with Gasteiger partial charge in [-0.05, 0) is 49.1 Å². The van der Waals surface area contributed by atoms with Crippen LogP contribution in [0.2, 0.25) is 0 Å². The summed E-state index contributed by atoms with van der Waals surface area (Å²) in [4.78, 5) is 26.6. The SMILES string of the molecule is CS(=O)(=O)c1cccc(C(=O)N2CC(F)(F)C[C@@H]2C(=O)N[C@@H](c2ccc(C(F)(F)F)cc2F)C2CC2)c1. The molecule has 6 nitrogen and oxygen atoms in total. The second-order valence-electron chi connectivity index (χ2n) is 9.37. The van der Waals surface area contributed by atoms with Gasteiger partial charge in [-0.25, -0.2) is 21.6 Å². The third-order valence-corrected chi connectivity index (χ3v) is 7.51. The summed E-state index contributed by atoms with van der Waals surface area (Å²) in [5.41, 5.74) is -1.64. The first-order valence-corrected chi connectivity index (χ1v) is 13.1. The number of nitrogens with one attached hydrogen (secondary N) is 1. The van der Waals surface area contributed by atoms with Crippen molar-refractivity contribution in [3.05, 3.63) is 65.0 Å². The van der Waals surface area contributed by atoms with Gasteiger partial charge in [0, 0.05) is 23.8 Å². The van der Waals surface area contributed by atoms with Gasteiger partial charge in [-0.1, -0.05) is 12.1 Å². The highest BCUT2D eigenvalue weighted by atomic mass is 32.2. The number of likely N-dealkylation sites (tertiary alicyclic amines) is 1. The molecule has 37 heavy (non-hydrogen) atoms. The maximum absolute atomic E-state index is 14.6. The van der Waals surface area contributed by atoms with E-state index in [2.05, 4.69) is 5.32 Å². The standard InChI is InChI=1S/C24H22F6N2O4S/c1-37(35,36)16-4-2-3-14(9-16)22(34)32-12-23(26,27)11-19(32)21(33)31-20(13-5-6-13)17-8-7-15(10-18(17)25)24(28,29)30/h2-4,7-10,13,19-20H,5-6,11-12H2,1H3,(H,31,33)/t19-,20-/m1/s1. The quantitative estimate of drug-likeness (QED) is 0.544. The number of nitrogens with zero attached hydrogens (tertiary/aromatic N) is 1. The normalized spacial score (nSPS) is 20.5. The first-order valence-electron chi connectivity index (χ1n) is 11.2. The van der Waals surface area contributed by atoms with Gasteiger partial charge in [0.25, 0.3) is 11.8 Å². The van der Waals surface area contributed by atoms with Gasteiger partial charge in [0.1, 0.15) is 11.9 Å². The smallest absolute Gasteiger partial charge is 0.347 e. The molecule has 1 saturated carbocycles. The van der Waals surface area contributed by atoms with Crippen LogP contribution in [-0.4, -0.2) is 49.9 Å². The Labute approximate surface area is 208 Å². The minimum Gasteiger partial charge on any atom is -0.347 e. The molecule has 0 radical (unpaired) electrons. The highest BCUT2D eigenvalue weighted by Gasteiger charge is 2.51. The molecule has 2 amide bonds. The van der Waals surface area contributed by atoms with E-state index in [-0.39, 0.29) is 21.9 Å². The lowest BCUT2D eigenvalue weighted by atomic mass is 9.99. The molecule has 4 rings (SSSR count). The zero-order chi connectivity index (χ0) is 27.3. The summed E-state index contributed by atoms with van der Waals surface area (Å²) in [5.74, 6) is -6.95. The number of rotatable bonds is 6. The minimum atomic E-state index is -4.78. The molecule has 200 valence electrons. The maximum Gasteiger partial charge on any atom is 0.416 e. The number of hydrogen-bond acceptors (Lipinski definition) is 4. The number of hydrogen-bond donors (Lipinski definition) is 1. The van der Waals surface area contributed by atoms with Crippen LogP contribution in [0.25, 0.3) is 0 Å². The number of carbonyl (C=O) groups excluding carboxylic acids is 2. The van der Waals surface area contributed by atoms with Crippen LogP contribution in [0.15, 0.2) is 47.4 Å². The van der Waals surface area contributed by atoms with Gasteiger partial charge in [-0.2, -0.15) is 13.2 Å². The molecular formula is C24H22F6N2O4S. The van der Waals surface area contributed by atoms with Crippen molar-refractivity contribution < 1.29 is 44.3 Å². The van der Waals surface area contributed by atoms with Crippen LogP contribution in [-0.2, 0) is 20.8 Å². The van der Waals surface area contributed by atoms with E-state index < -0.39 is 70.2 Å². The third-order valence-electron chi connectivity index (χ3n) is 6.40. The molecule has 1 saturated heterocycles. The molecule has 1 aliphatic carbocycles. The van der Waals surface area contributed by atoms with Gasteiger partial charge >= 0.3 is 6.18 Å². The molecule has 2 fully saturated rings. The van der Waals surface area contributed by atoms with Gasteiger partial charge < -0.3 is 10.2 Å². The van der Waals surface area contributed by atoms with E-state index in [1.54, 1.807) is 0 Å². The monoisotopic (exact) mass is 548 g/mol. The van der Waals surface area contributed by atoms with E-state index in [9.17, 15) is 44.3 Å². The number of sulfone groups is 1. The highest BCUT2D eigenvalue weighted by Crippen LogP contribution is 2.43. The maximum atomic E-state index is 14.6. The summed E-state index contributed by atoms with van der Waals surface area (Å²) >= 11 is 0. The summed E-state index contributed by atoms with van der Waals surface area (Å²) in [6, 6.07) is 3.90.